The maximum Gasteiger partial charge on any atom is 0.263 e. The minimum absolute atomic E-state index is 0.00840. The van der Waals surface area contributed by atoms with E-state index in [1.54, 1.807) is 0 Å². The van der Waals surface area contributed by atoms with Crippen molar-refractivity contribution in [2.45, 2.75) is 0 Å². The molecule has 0 fully saturated rings. The van der Waals surface area contributed by atoms with Crippen LogP contribution in [0.4, 0.5) is 0 Å². The first-order valence-corrected chi connectivity index (χ1v) is 17.3. The topological polar surface area (TPSA) is 22.0 Å². The van der Waals surface area contributed by atoms with E-state index in [-0.39, 0.29) is 5.56 Å². The van der Waals surface area contributed by atoms with Gasteiger partial charge in [-0.05, 0) is 94.4 Å². The molecular formula is C43H25NOS2. The molecule has 3 heterocycles. The van der Waals surface area contributed by atoms with Crippen LogP contribution in [0, 0.1) is 0 Å². The van der Waals surface area contributed by atoms with Crippen LogP contribution < -0.4 is 5.56 Å². The molecule has 10 aromatic rings. The molecular weight excluding hydrogens is 611 g/mol. The van der Waals surface area contributed by atoms with Crippen LogP contribution in [0.15, 0.2) is 156 Å². The van der Waals surface area contributed by atoms with Crippen LogP contribution in [0.2, 0.25) is 0 Å². The van der Waals surface area contributed by atoms with Gasteiger partial charge in [-0.1, -0.05) is 84.9 Å². The third kappa shape index (κ3) is 4.12. The smallest absolute Gasteiger partial charge is 0.263 e. The summed E-state index contributed by atoms with van der Waals surface area (Å²) < 4.78 is 7.07. The van der Waals surface area contributed by atoms with E-state index in [0.717, 1.165) is 38.5 Å². The standard InChI is InChI=1S/C43H25NOS2/c45-43-34-10-2-1-7-31(34)35-23-28(29-17-22-42-37(25-29)33-9-4-6-12-40(33)47-42)15-20-38(35)44(43)30-18-13-26(14-19-30)27-16-21-41-36(24-27)32-8-3-5-11-39(32)46-41/h1-25H. The molecule has 0 aliphatic rings. The molecule has 220 valence electrons. The van der Waals surface area contributed by atoms with E-state index < -0.39 is 0 Å². The number of aromatic nitrogens is 1. The lowest BCUT2D eigenvalue weighted by Crippen LogP contribution is -2.19. The molecule has 0 unspecified atom stereocenters. The predicted octanol–water partition coefficient (Wildman–Crippen LogP) is 12.2. The third-order valence-corrected chi connectivity index (χ3v) is 11.7. The Kier molecular flexibility index (Phi) is 5.80. The molecule has 10 rings (SSSR count). The second-order valence-corrected chi connectivity index (χ2v) is 14.3. The van der Waals surface area contributed by atoms with E-state index in [1.165, 1.54) is 51.5 Å². The zero-order chi connectivity index (χ0) is 31.1. The number of hydrogen-bond donors (Lipinski definition) is 0. The lowest BCUT2D eigenvalue weighted by Gasteiger charge is -2.15. The van der Waals surface area contributed by atoms with Gasteiger partial charge in [0.2, 0.25) is 0 Å². The highest BCUT2D eigenvalue weighted by Crippen LogP contribution is 2.39. The van der Waals surface area contributed by atoms with Crippen LogP contribution >= 0.6 is 22.7 Å². The first-order chi connectivity index (χ1) is 23.2. The van der Waals surface area contributed by atoms with Gasteiger partial charge < -0.3 is 0 Å². The summed E-state index contributed by atoms with van der Waals surface area (Å²) in [6, 6.07) is 53.6. The Balaban J connectivity index is 1.12. The summed E-state index contributed by atoms with van der Waals surface area (Å²) in [5.41, 5.74) is 6.35. The number of pyridine rings is 1. The summed E-state index contributed by atoms with van der Waals surface area (Å²) in [6.45, 7) is 0. The van der Waals surface area contributed by atoms with Gasteiger partial charge in [0.25, 0.3) is 5.56 Å². The second-order valence-electron chi connectivity index (χ2n) is 12.1. The van der Waals surface area contributed by atoms with Gasteiger partial charge in [0.05, 0.1) is 5.52 Å². The molecule has 4 heteroatoms. The molecule has 0 saturated heterocycles. The maximum atomic E-state index is 14.1. The van der Waals surface area contributed by atoms with Crippen LogP contribution in [-0.2, 0) is 0 Å². The molecule has 0 aliphatic carbocycles. The highest BCUT2D eigenvalue weighted by molar-refractivity contribution is 7.26. The summed E-state index contributed by atoms with van der Waals surface area (Å²) >= 11 is 3.67. The lowest BCUT2D eigenvalue weighted by molar-refractivity contribution is 1.06. The van der Waals surface area contributed by atoms with Crippen molar-refractivity contribution in [1.82, 2.24) is 4.57 Å². The Labute approximate surface area is 278 Å². The van der Waals surface area contributed by atoms with Crippen LogP contribution in [-0.4, -0.2) is 4.57 Å². The van der Waals surface area contributed by atoms with E-state index in [2.05, 4.69) is 133 Å². The van der Waals surface area contributed by atoms with E-state index >= 15 is 0 Å². The Morgan fingerprint density at radius 1 is 0.362 bits per heavy atom. The summed E-state index contributed by atoms with van der Waals surface area (Å²) in [4.78, 5) is 14.1. The number of fused-ring (bicyclic) bond motifs is 9. The zero-order valence-corrected chi connectivity index (χ0v) is 26.7. The van der Waals surface area contributed by atoms with Gasteiger partial charge in [-0.3, -0.25) is 9.36 Å². The van der Waals surface area contributed by atoms with Crippen molar-refractivity contribution >= 4 is 84.7 Å². The van der Waals surface area contributed by atoms with Crippen molar-refractivity contribution < 1.29 is 0 Å². The van der Waals surface area contributed by atoms with E-state index in [4.69, 9.17) is 0 Å². The fourth-order valence-electron chi connectivity index (χ4n) is 7.13. The van der Waals surface area contributed by atoms with E-state index in [0.29, 0.717) is 0 Å². The van der Waals surface area contributed by atoms with Crippen LogP contribution in [0.5, 0.6) is 0 Å². The van der Waals surface area contributed by atoms with Gasteiger partial charge in [-0.25, -0.2) is 0 Å². The largest absolute Gasteiger partial charge is 0.276 e. The van der Waals surface area contributed by atoms with Gasteiger partial charge in [-0.2, -0.15) is 0 Å². The zero-order valence-electron chi connectivity index (χ0n) is 25.1. The average Bonchev–Trinajstić information content (AvgIpc) is 3.69. The Hall–Kier alpha value is -5.55. The summed E-state index contributed by atoms with van der Waals surface area (Å²) in [5.74, 6) is 0. The van der Waals surface area contributed by atoms with E-state index in [9.17, 15) is 4.79 Å². The van der Waals surface area contributed by atoms with Gasteiger partial charge in [0.15, 0.2) is 0 Å². The fourth-order valence-corrected chi connectivity index (χ4v) is 9.30. The number of thiophene rings is 2. The van der Waals surface area contributed by atoms with Gasteiger partial charge in [0.1, 0.15) is 0 Å². The van der Waals surface area contributed by atoms with E-state index in [1.807, 2.05) is 45.4 Å². The highest BCUT2D eigenvalue weighted by Gasteiger charge is 2.15. The number of rotatable bonds is 3. The van der Waals surface area contributed by atoms with Crippen molar-refractivity contribution in [1.29, 1.82) is 0 Å². The summed E-state index contributed by atoms with van der Waals surface area (Å²) in [5, 5.41) is 7.91. The molecule has 0 amide bonds. The van der Waals surface area contributed by atoms with Crippen molar-refractivity contribution in [2.75, 3.05) is 0 Å². The summed E-state index contributed by atoms with van der Waals surface area (Å²) in [7, 11) is 0. The molecule has 0 bridgehead atoms. The SMILES string of the molecule is O=c1c2ccccc2c2cc(-c3ccc4sc5ccccc5c4c3)ccc2n1-c1ccc(-c2ccc3sc4ccccc4c3c2)cc1. The number of nitrogens with zero attached hydrogens (tertiary/aromatic N) is 1. The fraction of sp³-hybridized carbons (Fsp3) is 0. The molecule has 0 N–H and O–H groups in total. The number of hydrogen-bond acceptors (Lipinski definition) is 3. The first-order valence-electron chi connectivity index (χ1n) is 15.7. The number of benzene rings is 7. The molecule has 47 heavy (non-hydrogen) atoms. The maximum absolute atomic E-state index is 14.1. The molecule has 2 nitrogen and oxygen atoms in total. The average molecular weight is 636 g/mol. The van der Waals surface area contributed by atoms with Crippen molar-refractivity contribution in [3.63, 3.8) is 0 Å². The van der Waals surface area contributed by atoms with Gasteiger partial charge in [-0.15, -0.1) is 22.7 Å². The molecule has 0 saturated carbocycles. The Morgan fingerprint density at radius 2 is 0.809 bits per heavy atom. The lowest BCUT2D eigenvalue weighted by atomic mass is 9.98. The van der Waals surface area contributed by atoms with Crippen LogP contribution in [0.3, 0.4) is 0 Å². The monoisotopic (exact) mass is 635 g/mol. The molecule has 0 radical (unpaired) electrons. The minimum Gasteiger partial charge on any atom is -0.276 e. The van der Waals surface area contributed by atoms with Crippen LogP contribution in [0.1, 0.15) is 0 Å². The molecule has 3 aromatic heterocycles. The highest BCUT2D eigenvalue weighted by atomic mass is 32.1. The quantitative estimate of drug-likeness (QED) is 0.177. The van der Waals surface area contributed by atoms with Crippen LogP contribution in [0.25, 0.3) is 90.0 Å². The summed E-state index contributed by atoms with van der Waals surface area (Å²) in [6.07, 6.45) is 0. The minimum atomic E-state index is -0.00840. The Morgan fingerprint density at radius 3 is 1.43 bits per heavy atom. The first kappa shape index (κ1) is 26.6. The molecule has 7 aromatic carbocycles. The normalized spacial score (nSPS) is 11.9. The molecule has 0 spiro atoms. The second kappa shape index (κ2) is 10.2. The molecule has 0 aliphatic heterocycles. The van der Waals surface area contributed by atoms with Crippen molar-refractivity contribution in [3.05, 3.63) is 162 Å². The molecule has 0 atom stereocenters. The predicted molar refractivity (Wildman–Crippen MR) is 204 cm³/mol. The van der Waals surface area contributed by atoms with Gasteiger partial charge >= 0.3 is 0 Å². The third-order valence-electron chi connectivity index (χ3n) is 9.43. The van der Waals surface area contributed by atoms with Gasteiger partial charge in [0, 0.05) is 56.8 Å². The van der Waals surface area contributed by atoms with Crippen molar-refractivity contribution in [3.8, 4) is 27.9 Å². The van der Waals surface area contributed by atoms with Crippen molar-refractivity contribution in [2.24, 2.45) is 0 Å². The Bertz CT molecular complexity index is 2930.